The van der Waals surface area contributed by atoms with Crippen molar-refractivity contribution in [3.05, 3.63) is 44.0 Å². The van der Waals surface area contributed by atoms with Crippen molar-refractivity contribution >= 4 is 69.6 Å². The molecule has 0 atom stereocenters. The van der Waals surface area contributed by atoms with Crippen molar-refractivity contribution in [2.24, 2.45) is 0 Å². The number of hydrogen-bond donors (Lipinski definition) is 0. The molecule has 0 spiro atoms. The van der Waals surface area contributed by atoms with Crippen molar-refractivity contribution in [2.75, 3.05) is 0 Å². The number of nitrogens with zero attached hydrogens (tertiary/aromatic N) is 2. The molecular weight excluding hydrogens is 412 g/mol. The number of fused-ring (bicyclic) bond motifs is 3. The van der Waals surface area contributed by atoms with Crippen molar-refractivity contribution in [1.82, 2.24) is 9.97 Å². The summed E-state index contributed by atoms with van der Waals surface area (Å²) in [6.07, 6.45) is 3.58. The highest BCUT2D eigenvalue weighted by molar-refractivity contribution is 9.11. The molecule has 0 amide bonds. The molecule has 17 heavy (non-hydrogen) atoms. The topological polar surface area (TPSA) is 25.8 Å². The van der Waals surface area contributed by atoms with Crippen LogP contribution in [-0.2, 0) is 0 Å². The molecule has 5 heteroatoms. The second-order valence-corrected chi connectivity index (χ2v) is 6.32. The summed E-state index contributed by atoms with van der Waals surface area (Å²) in [6.45, 7) is 0. The Hall–Kier alpha value is -0.520. The highest BCUT2D eigenvalue weighted by Gasteiger charge is 2.08. The SMILES string of the molecule is Brc1cnc2c(c1)cc(Br)c1cc(Br)cnc12. The molecule has 0 aliphatic carbocycles. The summed E-state index contributed by atoms with van der Waals surface area (Å²) < 4.78 is 2.95. The first kappa shape index (κ1) is 11.6. The molecule has 2 aromatic heterocycles. The van der Waals surface area contributed by atoms with Gasteiger partial charge in [-0.3, -0.25) is 9.97 Å². The third-order valence-electron chi connectivity index (χ3n) is 2.50. The van der Waals surface area contributed by atoms with Gasteiger partial charge in [-0.2, -0.15) is 0 Å². The largest absolute Gasteiger partial charge is 0.253 e. The summed E-state index contributed by atoms with van der Waals surface area (Å²) in [5.41, 5.74) is 1.82. The van der Waals surface area contributed by atoms with Crippen LogP contribution < -0.4 is 0 Å². The van der Waals surface area contributed by atoms with Crippen molar-refractivity contribution < 1.29 is 0 Å². The van der Waals surface area contributed by atoms with Crippen LogP contribution >= 0.6 is 47.8 Å². The van der Waals surface area contributed by atoms with Crippen LogP contribution in [0.5, 0.6) is 0 Å². The Balaban J connectivity index is 2.55. The van der Waals surface area contributed by atoms with Crippen LogP contribution in [-0.4, -0.2) is 9.97 Å². The van der Waals surface area contributed by atoms with E-state index in [-0.39, 0.29) is 0 Å². The fraction of sp³-hybridized carbons (Fsp3) is 0. The van der Waals surface area contributed by atoms with E-state index in [9.17, 15) is 0 Å². The van der Waals surface area contributed by atoms with Gasteiger partial charge < -0.3 is 0 Å². The zero-order valence-corrected chi connectivity index (χ0v) is 13.2. The lowest BCUT2D eigenvalue weighted by Gasteiger charge is -2.05. The first-order valence-electron chi connectivity index (χ1n) is 4.84. The van der Waals surface area contributed by atoms with Crippen LogP contribution in [0.4, 0.5) is 0 Å². The van der Waals surface area contributed by atoms with Crippen LogP contribution in [0.1, 0.15) is 0 Å². The van der Waals surface area contributed by atoms with Crippen LogP contribution in [0.2, 0.25) is 0 Å². The normalized spacial score (nSPS) is 11.2. The highest BCUT2D eigenvalue weighted by Crippen LogP contribution is 2.32. The maximum absolute atomic E-state index is 4.44. The first-order valence-corrected chi connectivity index (χ1v) is 7.22. The molecule has 2 heterocycles. The molecule has 84 valence electrons. The monoisotopic (exact) mass is 414 g/mol. The molecule has 0 saturated heterocycles. The fourth-order valence-corrected chi connectivity index (χ4v) is 3.02. The van der Waals surface area contributed by atoms with Crippen LogP contribution in [0.15, 0.2) is 44.0 Å². The van der Waals surface area contributed by atoms with Gasteiger partial charge in [-0.15, -0.1) is 0 Å². The van der Waals surface area contributed by atoms with E-state index >= 15 is 0 Å². The molecule has 3 aromatic rings. The Kier molecular flexibility index (Phi) is 2.92. The van der Waals surface area contributed by atoms with Crippen molar-refractivity contribution in [1.29, 1.82) is 0 Å². The van der Waals surface area contributed by atoms with E-state index in [1.807, 2.05) is 12.1 Å². The zero-order chi connectivity index (χ0) is 12.0. The number of benzene rings is 1. The molecule has 0 aliphatic rings. The Morgan fingerprint density at radius 3 is 2.18 bits per heavy atom. The van der Waals surface area contributed by atoms with Gasteiger partial charge in [0, 0.05) is 36.6 Å². The lowest BCUT2D eigenvalue weighted by molar-refractivity contribution is 1.35. The molecule has 2 nitrogen and oxygen atoms in total. The minimum Gasteiger partial charge on any atom is -0.253 e. The van der Waals surface area contributed by atoms with E-state index in [1.54, 1.807) is 12.4 Å². The summed E-state index contributed by atoms with van der Waals surface area (Å²) in [5.74, 6) is 0. The van der Waals surface area contributed by atoms with Gasteiger partial charge in [-0.25, -0.2) is 0 Å². The maximum atomic E-state index is 4.44. The molecule has 0 bridgehead atoms. The predicted molar refractivity (Wildman–Crippen MR) is 80.1 cm³/mol. The second-order valence-electron chi connectivity index (χ2n) is 3.63. The van der Waals surface area contributed by atoms with Crippen molar-refractivity contribution in [3.8, 4) is 0 Å². The summed E-state index contributed by atoms with van der Waals surface area (Å²) in [6, 6.07) is 6.13. The minimum atomic E-state index is 0.907. The molecule has 1 aromatic carbocycles. The second kappa shape index (κ2) is 4.30. The third kappa shape index (κ3) is 2.00. The Morgan fingerprint density at radius 2 is 1.41 bits per heavy atom. The van der Waals surface area contributed by atoms with Gasteiger partial charge in [0.1, 0.15) is 0 Å². The Labute approximate surface area is 123 Å². The average Bonchev–Trinajstić information content (AvgIpc) is 2.29. The van der Waals surface area contributed by atoms with Gasteiger partial charge >= 0.3 is 0 Å². The first-order chi connectivity index (χ1) is 8.15. The number of hydrogen-bond acceptors (Lipinski definition) is 2. The van der Waals surface area contributed by atoms with Crippen LogP contribution in [0.25, 0.3) is 21.8 Å². The molecule has 0 N–H and O–H groups in total. The van der Waals surface area contributed by atoms with E-state index in [0.717, 1.165) is 35.2 Å². The number of halogens is 3. The molecule has 0 radical (unpaired) electrons. The molecule has 0 fully saturated rings. The summed E-state index contributed by atoms with van der Waals surface area (Å²) in [4.78, 5) is 8.88. The van der Waals surface area contributed by atoms with Gasteiger partial charge in [-0.05, 0) is 50.1 Å². The van der Waals surface area contributed by atoms with E-state index in [1.165, 1.54) is 0 Å². The van der Waals surface area contributed by atoms with E-state index in [4.69, 9.17) is 0 Å². The molecule has 0 aliphatic heterocycles. The van der Waals surface area contributed by atoms with Crippen molar-refractivity contribution in [3.63, 3.8) is 0 Å². The van der Waals surface area contributed by atoms with Crippen molar-refractivity contribution in [2.45, 2.75) is 0 Å². The van der Waals surface area contributed by atoms with Gasteiger partial charge in [0.15, 0.2) is 0 Å². The van der Waals surface area contributed by atoms with Crippen LogP contribution in [0.3, 0.4) is 0 Å². The number of rotatable bonds is 0. The molecule has 0 saturated carbocycles. The predicted octanol–water partition coefficient (Wildman–Crippen LogP) is 5.07. The van der Waals surface area contributed by atoms with E-state index in [0.29, 0.717) is 0 Å². The zero-order valence-electron chi connectivity index (χ0n) is 8.42. The lowest BCUT2D eigenvalue weighted by Crippen LogP contribution is -1.87. The van der Waals surface area contributed by atoms with Gasteiger partial charge in [-0.1, -0.05) is 15.9 Å². The summed E-state index contributed by atoms with van der Waals surface area (Å²) in [7, 11) is 0. The highest BCUT2D eigenvalue weighted by atomic mass is 79.9. The van der Waals surface area contributed by atoms with Gasteiger partial charge in [0.2, 0.25) is 0 Å². The lowest BCUT2D eigenvalue weighted by atomic mass is 10.1. The smallest absolute Gasteiger partial charge is 0.0976 e. The minimum absolute atomic E-state index is 0.907. The number of pyridine rings is 2. The molecule has 3 rings (SSSR count). The van der Waals surface area contributed by atoms with E-state index < -0.39 is 0 Å². The fourth-order valence-electron chi connectivity index (χ4n) is 1.79. The Bertz CT molecular complexity index is 740. The average molecular weight is 417 g/mol. The standard InChI is InChI=1S/C12H5Br3N2/c13-7-1-6-2-10(15)9-3-8(14)5-17-12(9)11(6)16-4-7/h1-5H. The summed E-state index contributed by atoms with van der Waals surface area (Å²) >= 11 is 10.4. The van der Waals surface area contributed by atoms with E-state index in [2.05, 4.69) is 63.8 Å². The van der Waals surface area contributed by atoms with Gasteiger partial charge in [0.25, 0.3) is 0 Å². The number of aromatic nitrogens is 2. The summed E-state index contributed by atoms with van der Waals surface area (Å²) in [5, 5.41) is 2.12. The van der Waals surface area contributed by atoms with Crippen LogP contribution in [0, 0.1) is 0 Å². The Morgan fingerprint density at radius 1 is 0.765 bits per heavy atom. The third-order valence-corrected chi connectivity index (χ3v) is 4.03. The molecular formula is C12H5Br3N2. The van der Waals surface area contributed by atoms with Gasteiger partial charge in [0.05, 0.1) is 11.0 Å². The quantitative estimate of drug-likeness (QED) is 0.478. The molecule has 0 unspecified atom stereocenters. The maximum Gasteiger partial charge on any atom is 0.0976 e.